The zero-order chi connectivity index (χ0) is 11.1. The summed E-state index contributed by atoms with van der Waals surface area (Å²) in [7, 11) is 0. The van der Waals surface area contributed by atoms with Crippen molar-refractivity contribution >= 4 is 11.7 Å². The first-order valence-corrected chi connectivity index (χ1v) is 5.06. The normalized spacial score (nSPS) is 12.6. The maximum Gasteiger partial charge on any atom is 0.289 e. The molecule has 3 N–H and O–H groups in total. The molecule has 0 spiro atoms. The maximum absolute atomic E-state index is 11.3. The molecular formula is C10H20N2O2. The van der Waals surface area contributed by atoms with Crippen molar-refractivity contribution in [3.05, 3.63) is 0 Å². The summed E-state index contributed by atoms with van der Waals surface area (Å²) < 4.78 is 0. The van der Waals surface area contributed by atoms with E-state index < -0.39 is 17.7 Å². The fourth-order valence-corrected chi connectivity index (χ4v) is 0.994. The van der Waals surface area contributed by atoms with Crippen LogP contribution in [0.3, 0.4) is 0 Å². The van der Waals surface area contributed by atoms with Crippen molar-refractivity contribution in [2.75, 3.05) is 6.54 Å². The maximum atomic E-state index is 11.3. The predicted octanol–water partition coefficient (Wildman–Crippen LogP) is 0.455. The summed E-state index contributed by atoms with van der Waals surface area (Å²) in [4.78, 5) is 22.5. The van der Waals surface area contributed by atoms with Crippen LogP contribution in [0.25, 0.3) is 0 Å². The summed E-state index contributed by atoms with van der Waals surface area (Å²) in [6.07, 6.45) is 1.37. The lowest BCUT2D eigenvalue weighted by atomic mass is 10.1. The van der Waals surface area contributed by atoms with Crippen molar-refractivity contribution in [1.82, 2.24) is 5.32 Å². The van der Waals surface area contributed by atoms with E-state index in [0.717, 1.165) is 6.42 Å². The Labute approximate surface area is 85.2 Å². The highest BCUT2D eigenvalue weighted by Gasteiger charge is 2.20. The molecule has 4 nitrogen and oxygen atoms in total. The molecule has 0 saturated heterocycles. The zero-order valence-corrected chi connectivity index (χ0v) is 9.17. The molecule has 82 valence electrons. The minimum atomic E-state index is -0.646. The number of ketones is 1. The van der Waals surface area contributed by atoms with Crippen LogP contribution in [0.1, 0.15) is 33.6 Å². The quantitative estimate of drug-likeness (QED) is 0.612. The fourth-order valence-electron chi connectivity index (χ4n) is 0.994. The van der Waals surface area contributed by atoms with Gasteiger partial charge in [0.15, 0.2) is 0 Å². The van der Waals surface area contributed by atoms with Crippen LogP contribution in [0.15, 0.2) is 0 Å². The number of nitrogens with two attached hydrogens (primary N) is 1. The first kappa shape index (κ1) is 13.1. The average Bonchev–Trinajstić information content (AvgIpc) is 2.13. The Morgan fingerprint density at radius 2 is 1.93 bits per heavy atom. The molecule has 1 atom stereocenters. The number of carbonyl (C=O) groups excluding carboxylic acids is 2. The first-order chi connectivity index (χ1) is 6.49. The first-order valence-electron chi connectivity index (χ1n) is 5.06. The number of hydrogen-bond acceptors (Lipinski definition) is 3. The van der Waals surface area contributed by atoms with E-state index >= 15 is 0 Å². The molecule has 0 rings (SSSR count). The monoisotopic (exact) mass is 200 g/mol. The van der Waals surface area contributed by atoms with E-state index in [0.29, 0.717) is 18.9 Å². The van der Waals surface area contributed by atoms with E-state index in [-0.39, 0.29) is 0 Å². The van der Waals surface area contributed by atoms with E-state index in [1.54, 1.807) is 0 Å². The van der Waals surface area contributed by atoms with Crippen molar-refractivity contribution in [1.29, 1.82) is 0 Å². The van der Waals surface area contributed by atoms with Crippen LogP contribution in [-0.2, 0) is 9.59 Å². The molecule has 0 fully saturated rings. The summed E-state index contributed by atoms with van der Waals surface area (Å²) >= 11 is 0. The van der Waals surface area contributed by atoms with E-state index in [9.17, 15) is 9.59 Å². The highest BCUT2D eigenvalue weighted by molar-refractivity contribution is 6.38. The van der Waals surface area contributed by atoms with Crippen LogP contribution < -0.4 is 11.1 Å². The van der Waals surface area contributed by atoms with Crippen molar-refractivity contribution < 1.29 is 9.59 Å². The van der Waals surface area contributed by atoms with E-state index in [1.807, 2.05) is 20.8 Å². The molecule has 0 saturated carbocycles. The third-order valence-electron chi connectivity index (χ3n) is 1.83. The number of carbonyl (C=O) groups is 2. The molecular weight excluding hydrogens is 180 g/mol. The van der Waals surface area contributed by atoms with Gasteiger partial charge >= 0.3 is 0 Å². The van der Waals surface area contributed by atoms with Crippen molar-refractivity contribution in [2.24, 2.45) is 11.7 Å². The highest BCUT2D eigenvalue weighted by atomic mass is 16.2. The van der Waals surface area contributed by atoms with Gasteiger partial charge in [-0.25, -0.2) is 0 Å². The summed E-state index contributed by atoms with van der Waals surface area (Å²) in [6.45, 7) is 6.38. The molecule has 0 aromatic rings. The Bertz CT molecular complexity index is 202. The predicted molar refractivity (Wildman–Crippen MR) is 55.7 cm³/mol. The molecule has 0 aromatic carbocycles. The molecule has 0 heterocycles. The fraction of sp³-hybridized carbons (Fsp3) is 0.800. The molecule has 4 heteroatoms. The molecule has 0 aromatic heterocycles. The van der Waals surface area contributed by atoms with Gasteiger partial charge in [0, 0.05) is 6.54 Å². The second-order valence-corrected chi connectivity index (χ2v) is 3.86. The van der Waals surface area contributed by atoms with Gasteiger partial charge in [-0.3, -0.25) is 9.59 Å². The lowest BCUT2D eigenvalue weighted by molar-refractivity contribution is -0.138. The Balaban J connectivity index is 3.93. The number of amides is 1. The van der Waals surface area contributed by atoms with Gasteiger partial charge in [0.05, 0.1) is 6.04 Å². The lowest BCUT2D eigenvalue weighted by Gasteiger charge is -2.10. The van der Waals surface area contributed by atoms with E-state index in [2.05, 4.69) is 5.32 Å². The van der Waals surface area contributed by atoms with E-state index in [4.69, 9.17) is 5.73 Å². The smallest absolute Gasteiger partial charge is 0.289 e. The van der Waals surface area contributed by atoms with Gasteiger partial charge in [0.25, 0.3) is 5.91 Å². The summed E-state index contributed by atoms with van der Waals surface area (Å²) in [5, 5.41) is 2.55. The number of hydrogen-bond donors (Lipinski definition) is 2. The topological polar surface area (TPSA) is 72.2 Å². The minimum Gasteiger partial charge on any atom is -0.349 e. The van der Waals surface area contributed by atoms with Crippen LogP contribution in [0.4, 0.5) is 0 Å². The average molecular weight is 200 g/mol. The van der Waals surface area contributed by atoms with Crippen LogP contribution in [-0.4, -0.2) is 24.3 Å². The van der Waals surface area contributed by atoms with Gasteiger partial charge < -0.3 is 11.1 Å². The summed E-state index contributed by atoms with van der Waals surface area (Å²) in [6, 6.07) is -0.646. The molecule has 0 aliphatic rings. The largest absolute Gasteiger partial charge is 0.349 e. The van der Waals surface area contributed by atoms with Gasteiger partial charge in [-0.05, 0) is 12.3 Å². The molecule has 14 heavy (non-hydrogen) atoms. The van der Waals surface area contributed by atoms with Crippen LogP contribution >= 0.6 is 0 Å². The Morgan fingerprint density at radius 1 is 1.36 bits per heavy atom. The van der Waals surface area contributed by atoms with E-state index in [1.165, 1.54) is 0 Å². The summed E-state index contributed by atoms with van der Waals surface area (Å²) in [5.41, 5.74) is 5.52. The van der Waals surface area contributed by atoms with Gasteiger partial charge in [0.1, 0.15) is 0 Å². The van der Waals surface area contributed by atoms with Gasteiger partial charge in [-0.2, -0.15) is 0 Å². The molecule has 0 radical (unpaired) electrons. The lowest BCUT2D eigenvalue weighted by Crippen LogP contribution is -2.43. The minimum absolute atomic E-state index is 0.342. The van der Waals surface area contributed by atoms with Gasteiger partial charge in [0.2, 0.25) is 5.78 Å². The van der Waals surface area contributed by atoms with Crippen molar-refractivity contribution in [3.8, 4) is 0 Å². The SMILES string of the molecule is CCCC(N)C(=O)C(=O)NCC(C)C. The van der Waals surface area contributed by atoms with Gasteiger partial charge in [-0.15, -0.1) is 0 Å². The molecule has 1 amide bonds. The standard InChI is InChI=1S/C10H20N2O2/c1-4-5-8(11)9(13)10(14)12-6-7(2)3/h7-8H,4-6,11H2,1-3H3,(H,12,14). The third-order valence-corrected chi connectivity index (χ3v) is 1.83. The molecule has 0 aliphatic carbocycles. The summed E-state index contributed by atoms with van der Waals surface area (Å²) in [5.74, 6) is -0.721. The zero-order valence-electron chi connectivity index (χ0n) is 9.17. The molecule has 0 aliphatic heterocycles. The highest BCUT2D eigenvalue weighted by Crippen LogP contribution is 1.95. The van der Waals surface area contributed by atoms with Crippen LogP contribution in [0.2, 0.25) is 0 Å². The number of Topliss-reactive ketones (excluding diaryl/α,β-unsaturated/α-hetero) is 1. The Hall–Kier alpha value is -0.900. The molecule has 1 unspecified atom stereocenters. The van der Waals surface area contributed by atoms with Crippen LogP contribution in [0.5, 0.6) is 0 Å². The van der Waals surface area contributed by atoms with Crippen molar-refractivity contribution in [3.63, 3.8) is 0 Å². The van der Waals surface area contributed by atoms with Gasteiger partial charge in [-0.1, -0.05) is 27.2 Å². The Kier molecular flexibility index (Phi) is 6.12. The number of rotatable bonds is 6. The second-order valence-electron chi connectivity index (χ2n) is 3.86. The Morgan fingerprint density at radius 3 is 2.36 bits per heavy atom. The van der Waals surface area contributed by atoms with Crippen molar-refractivity contribution in [2.45, 2.75) is 39.7 Å². The second kappa shape index (κ2) is 6.54. The van der Waals surface area contributed by atoms with Crippen LogP contribution in [0, 0.1) is 5.92 Å². The molecule has 0 bridgehead atoms. The third kappa shape index (κ3) is 4.97. The number of nitrogens with one attached hydrogen (secondary N) is 1.